The van der Waals surface area contributed by atoms with Crippen LogP contribution in [0.2, 0.25) is 5.02 Å². The number of benzene rings is 1. The first kappa shape index (κ1) is 16.7. The minimum Gasteiger partial charge on any atom is -0.378 e. The molecule has 0 aromatic heterocycles. The standard InChI is InChI=1S/C13H15ClF3N3O2/c14-8-1-2-9(19-13(21)18-7-10(15)16)12(11(8)17)20-3-5-22-6-4-20/h1-2,10H,3-7H2,(H2,18,19,21). The Kier molecular flexibility index (Phi) is 5.73. The summed E-state index contributed by atoms with van der Waals surface area (Å²) in [5.41, 5.74) is 0.290. The van der Waals surface area contributed by atoms with Crippen molar-refractivity contribution in [1.82, 2.24) is 5.32 Å². The fraction of sp³-hybridized carbons (Fsp3) is 0.462. The van der Waals surface area contributed by atoms with E-state index in [1.54, 1.807) is 4.90 Å². The maximum Gasteiger partial charge on any atom is 0.319 e. The van der Waals surface area contributed by atoms with Crippen LogP contribution in [0.3, 0.4) is 0 Å². The summed E-state index contributed by atoms with van der Waals surface area (Å²) in [6, 6.07) is 1.89. The SMILES string of the molecule is O=C(NCC(F)F)Nc1ccc(Cl)c(F)c1N1CCOCC1. The molecule has 22 heavy (non-hydrogen) atoms. The maximum atomic E-state index is 14.3. The minimum atomic E-state index is -2.66. The average molecular weight is 338 g/mol. The van der Waals surface area contributed by atoms with E-state index >= 15 is 0 Å². The van der Waals surface area contributed by atoms with Crippen molar-refractivity contribution in [2.45, 2.75) is 6.43 Å². The molecular weight excluding hydrogens is 323 g/mol. The summed E-state index contributed by atoms with van der Waals surface area (Å²) in [4.78, 5) is 13.3. The molecule has 1 aromatic carbocycles. The summed E-state index contributed by atoms with van der Waals surface area (Å²) in [7, 11) is 0. The third-order valence-electron chi connectivity index (χ3n) is 3.06. The van der Waals surface area contributed by atoms with Crippen LogP contribution < -0.4 is 15.5 Å². The topological polar surface area (TPSA) is 53.6 Å². The van der Waals surface area contributed by atoms with Crippen LogP contribution in [0, 0.1) is 5.82 Å². The number of carbonyl (C=O) groups excluding carboxylic acids is 1. The molecule has 0 bridgehead atoms. The molecule has 0 unspecified atom stereocenters. The van der Waals surface area contributed by atoms with Crippen LogP contribution in [0.25, 0.3) is 0 Å². The third-order valence-corrected chi connectivity index (χ3v) is 3.35. The first-order valence-corrected chi connectivity index (χ1v) is 7.00. The van der Waals surface area contributed by atoms with Crippen molar-refractivity contribution in [3.63, 3.8) is 0 Å². The van der Waals surface area contributed by atoms with Gasteiger partial charge in [-0.15, -0.1) is 0 Å². The van der Waals surface area contributed by atoms with E-state index in [1.165, 1.54) is 12.1 Å². The van der Waals surface area contributed by atoms with Gasteiger partial charge >= 0.3 is 6.03 Å². The highest BCUT2D eigenvalue weighted by Crippen LogP contribution is 2.34. The van der Waals surface area contributed by atoms with Gasteiger partial charge in [-0.3, -0.25) is 0 Å². The van der Waals surface area contributed by atoms with Gasteiger partial charge in [0.1, 0.15) is 0 Å². The second kappa shape index (κ2) is 7.55. The molecule has 2 rings (SSSR count). The zero-order chi connectivity index (χ0) is 16.1. The van der Waals surface area contributed by atoms with Crippen LogP contribution in [0.15, 0.2) is 12.1 Å². The number of hydrogen-bond acceptors (Lipinski definition) is 3. The van der Waals surface area contributed by atoms with Gasteiger partial charge in [0, 0.05) is 13.1 Å². The Morgan fingerprint density at radius 3 is 2.68 bits per heavy atom. The van der Waals surface area contributed by atoms with E-state index in [9.17, 15) is 18.0 Å². The zero-order valence-corrected chi connectivity index (χ0v) is 12.3. The van der Waals surface area contributed by atoms with Crippen molar-refractivity contribution in [3.8, 4) is 0 Å². The van der Waals surface area contributed by atoms with Crippen LogP contribution in [-0.2, 0) is 4.74 Å². The van der Waals surface area contributed by atoms with E-state index < -0.39 is 24.8 Å². The lowest BCUT2D eigenvalue weighted by molar-refractivity contribution is 0.122. The Bertz CT molecular complexity index is 540. The summed E-state index contributed by atoms with van der Waals surface area (Å²) in [6.07, 6.45) is -2.66. The number of halogens is 4. The number of ether oxygens (including phenoxy) is 1. The van der Waals surface area contributed by atoms with Crippen molar-refractivity contribution in [3.05, 3.63) is 23.0 Å². The maximum absolute atomic E-state index is 14.3. The predicted molar refractivity (Wildman–Crippen MR) is 77.5 cm³/mol. The van der Waals surface area contributed by atoms with Gasteiger partial charge in [0.15, 0.2) is 5.82 Å². The molecule has 1 fully saturated rings. The van der Waals surface area contributed by atoms with E-state index in [4.69, 9.17) is 16.3 Å². The molecule has 0 atom stereocenters. The highest BCUT2D eigenvalue weighted by molar-refractivity contribution is 6.31. The van der Waals surface area contributed by atoms with Crippen molar-refractivity contribution in [2.24, 2.45) is 0 Å². The number of amides is 2. The van der Waals surface area contributed by atoms with Crippen LogP contribution in [0.4, 0.5) is 29.3 Å². The Balaban J connectivity index is 2.19. The molecule has 5 nitrogen and oxygen atoms in total. The molecule has 2 amide bonds. The largest absolute Gasteiger partial charge is 0.378 e. The number of rotatable bonds is 4. The van der Waals surface area contributed by atoms with Gasteiger partial charge in [0.25, 0.3) is 6.43 Å². The monoisotopic (exact) mass is 337 g/mol. The molecule has 0 aliphatic carbocycles. The molecule has 0 radical (unpaired) electrons. The average Bonchev–Trinajstić information content (AvgIpc) is 2.50. The van der Waals surface area contributed by atoms with Crippen molar-refractivity contribution >= 4 is 29.0 Å². The smallest absolute Gasteiger partial charge is 0.319 e. The highest BCUT2D eigenvalue weighted by atomic mass is 35.5. The van der Waals surface area contributed by atoms with Crippen LogP contribution >= 0.6 is 11.6 Å². The second-order valence-corrected chi connectivity index (χ2v) is 4.99. The second-order valence-electron chi connectivity index (χ2n) is 4.58. The van der Waals surface area contributed by atoms with Gasteiger partial charge in [0.2, 0.25) is 0 Å². The predicted octanol–water partition coefficient (Wildman–Crippen LogP) is 2.70. The molecule has 1 aliphatic rings. The summed E-state index contributed by atoms with van der Waals surface area (Å²) in [6.45, 7) is 0.927. The quantitative estimate of drug-likeness (QED) is 0.888. The van der Waals surface area contributed by atoms with Gasteiger partial charge in [-0.2, -0.15) is 0 Å². The van der Waals surface area contributed by atoms with Crippen LogP contribution in [-0.4, -0.2) is 45.3 Å². The lowest BCUT2D eigenvalue weighted by Gasteiger charge is -2.31. The summed E-state index contributed by atoms with van der Waals surface area (Å²) in [5, 5.41) is 4.28. The molecule has 1 saturated heterocycles. The third kappa shape index (κ3) is 4.17. The summed E-state index contributed by atoms with van der Waals surface area (Å²) < 4.78 is 43.7. The Hall–Kier alpha value is -1.67. The normalized spacial score (nSPS) is 15.0. The van der Waals surface area contributed by atoms with E-state index in [2.05, 4.69) is 5.32 Å². The first-order chi connectivity index (χ1) is 10.5. The highest BCUT2D eigenvalue weighted by Gasteiger charge is 2.22. The van der Waals surface area contributed by atoms with E-state index in [0.29, 0.717) is 26.3 Å². The number of alkyl halides is 2. The van der Waals surface area contributed by atoms with Crippen molar-refractivity contribution in [1.29, 1.82) is 0 Å². The lowest BCUT2D eigenvalue weighted by atomic mass is 10.2. The number of carbonyl (C=O) groups is 1. The zero-order valence-electron chi connectivity index (χ0n) is 11.5. The molecule has 122 valence electrons. The minimum absolute atomic E-state index is 0.0833. The van der Waals surface area contributed by atoms with Crippen molar-refractivity contribution < 1.29 is 22.7 Å². The first-order valence-electron chi connectivity index (χ1n) is 6.62. The Morgan fingerprint density at radius 2 is 2.05 bits per heavy atom. The Morgan fingerprint density at radius 1 is 1.36 bits per heavy atom. The van der Waals surface area contributed by atoms with E-state index in [1.807, 2.05) is 5.32 Å². The fourth-order valence-corrected chi connectivity index (χ4v) is 2.23. The number of anilines is 2. The lowest BCUT2D eigenvalue weighted by Crippen LogP contribution is -2.38. The van der Waals surface area contributed by atoms with E-state index in [-0.39, 0.29) is 16.4 Å². The molecule has 0 saturated carbocycles. The van der Waals surface area contributed by atoms with Gasteiger partial charge in [0.05, 0.1) is 36.2 Å². The number of urea groups is 1. The van der Waals surface area contributed by atoms with E-state index in [0.717, 1.165) is 0 Å². The number of morpholine rings is 1. The van der Waals surface area contributed by atoms with Gasteiger partial charge < -0.3 is 20.3 Å². The molecular formula is C13H15ClF3N3O2. The fourth-order valence-electron chi connectivity index (χ4n) is 2.07. The van der Waals surface area contributed by atoms with Crippen LogP contribution in [0.1, 0.15) is 0 Å². The summed E-state index contributed by atoms with van der Waals surface area (Å²) >= 11 is 5.78. The molecule has 0 spiro atoms. The molecule has 1 aliphatic heterocycles. The molecule has 1 aromatic rings. The molecule has 2 N–H and O–H groups in total. The molecule has 9 heteroatoms. The number of nitrogens with zero attached hydrogens (tertiary/aromatic N) is 1. The van der Waals surface area contributed by atoms with Gasteiger partial charge in [-0.25, -0.2) is 18.0 Å². The van der Waals surface area contributed by atoms with Crippen LogP contribution in [0.5, 0.6) is 0 Å². The van der Waals surface area contributed by atoms with Gasteiger partial charge in [-0.05, 0) is 12.1 Å². The summed E-state index contributed by atoms with van der Waals surface area (Å²) in [5.74, 6) is -0.671. The Labute approximate surface area is 130 Å². The number of nitrogens with one attached hydrogen (secondary N) is 2. The van der Waals surface area contributed by atoms with Gasteiger partial charge in [-0.1, -0.05) is 11.6 Å². The number of hydrogen-bond donors (Lipinski definition) is 2. The molecule has 1 heterocycles. The van der Waals surface area contributed by atoms with Crippen molar-refractivity contribution in [2.75, 3.05) is 43.1 Å².